The number of ketones is 1. The van der Waals surface area contributed by atoms with E-state index in [2.05, 4.69) is 5.10 Å². The van der Waals surface area contributed by atoms with Crippen LogP contribution in [0.1, 0.15) is 51.3 Å². The first-order valence-electron chi connectivity index (χ1n) is 12.8. The summed E-state index contributed by atoms with van der Waals surface area (Å²) in [6.45, 7) is 3.36. The molecule has 0 fully saturated rings. The summed E-state index contributed by atoms with van der Waals surface area (Å²) in [5, 5.41) is 4.52. The normalized spacial score (nSPS) is 13.0. The zero-order valence-corrected chi connectivity index (χ0v) is 23.8. The molecular formula is C30H28F3N3O5S. The fraction of sp³-hybridized carbons (Fsp3) is 0.233. The highest BCUT2D eigenvalue weighted by Gasteiger charge is 2.32. The van der Waals surface area contributed by atoms with Gasteiger partial charge in [-0.25, -0.2) is 8.42 Å². The standard InChI is InChI=1S/C30H28F3N3O5S/c1-19-6-10-23(11-7-19)29(38)28-25-17-24(30(31,32)33)14-15-26(25)36(34-28)16-4-5-21-8-12-22(13-9-21)20(2)41-18-27(37)35-42(3,39)40/h4-15,17,20H,16,18H2,1-3H3,(H,35,37)/t20-/m1/s1. The van der Waals surface area contributed by atoms with E-state index < -0.39 is 46.2 Å². The minimum Gasteiger partial charge on any atom is -0.364 e. The van der Waals surface area contributed by atoms with Crippen LogP contribution in [-0.2, 0) is 32.3 Å². The molecule has 4 aromatic rings. The number of ether oxygens (including phenoxy) is 1. The molecule has 1 aromatic heterocycles. The largest absolute Gasteiger partial charge is 0.416 e. The Morgan fingerprint density at radius 3 is 2.33 bits per heavy atom. The van der Waals surface area contributed by atoms with Gasteiger partial charge in [0.2, 0.25) is 15.8 Å². The number of alkyl halides is 3. The molecule has 220 valence electrons. The van der Waals surface area contributed by atoms with Crippen LogP contribution in [0.4, 0.5) is 13.2 Å². The second kappa shape index (κ2) is 12.3. The molecule has 42 heavy (non-hydrogen) atoms. The van der Waals surface area contributed by atoms with E-state index in [-0.39, 0.29) is 17.6 Å². The SMILES string of the molecule is Cc1ccc(C(=O)c2nn(CC=Cc3ccc([C@@H](C)OCC(=O)NS(C)(=O)=O)cc3)c3ccc(C(F)(F)F)cc23)cc1. The Morgan fingerprint density at radius 2 is 1.71 bits per heavy atom. The van der Waals surface area contributed by atoms with Crippen molar-refractivity contribution in [2.24, 2.45) is 0 Å². The van der Waals surface area contributed by atoms with Gasteiger partial charge in [-0.15, -0.1) is 0 Å². The van der Waals surface area contributed by atoms with Gasteiger partial charge in [-0.3, -0.25) is 19.0 Å². The molecule has 3 aromatic carbocycles. The predicted molar refractivity (Wildman–Crippen MR) is 152 cm³/mol. The van der Waals surface area contributed by atoms with Crippen LogP contribution < -0.4 is 4.72 Å². The minimum atomic E-state index is -4.57. The second-order valence-corrected chi connectivity index (χ2v) is 11.5. The number of sulfonamides is 1. The summed E-state index contributed by atoms with van der Waals surface area (Å²) in [7, 11) is -3.66. The fourth-order valence-electron chi connectivity index (χ4n) is 4.20. The van der Waals surface area contributed by atoms with Crippen LogP contribution in [0.25, 0.3) is 17.0 Å². The Morgan fingerprint density at radius 1 is 1.05 bits per heavy atom. The van der Waals surface area contributed by atoms with Crippen molar-refractivity contribution in [3.8, 4) is 0 Å². The maximum Gasteiger partial charge on any atom is 0.416 e. The number of benzene rings is 3. The van der Waals surface area contributed by atoms with Gasteiger partial charge in [0.25, 0.3) is 5.91 Å². The molecule has 0 unspecified atom stereocenters. The van der Waals surface area contributed by atoms with E-state index in [1.165, 1.54) is 10.7 Å². The first-order valence-corrected chi connectivity index (χ1v) is 14.7. The van der Waals surface area contributed by atoms with Gasteiger partial charge < -0.3 is 4.74 Å². The Hall–Kier alpha value is -4.29. The third-order valence-corrected chi connectivity index (χ3v) is 6.96. The third kappa shape index (κ3) is 7.71. The first kappa shape index (κ1) is 30.7. The highest BCUT2D eigenvalue weighted by Crippen LogP contribution is 2.33. The molecule has 0 saturated carbocycles. The molecule has 1 heterocycles. The summed E-state index contributed by atoms with van der Waals surface area (Å²) in [6, 6.07) is 17.2. The zero-order chi connectivity index (χ0) is 30.7. The van der Waals surface area contributed by atoms with E-state index in [1.807, 2.05) is 23.8 Å². The number of rotatable bonds is 10. The third-order valence-electron chi connectivity index (χ3n) is 6.36. The number of amides is 1. The summed E-state index contributed by atoms with van der Waals surface area (Å²) < 4.78 is 71.4. The van der Waals surface area contributed by atoms with Gasteiger partial charge in [-0.05, 0) is 43.2 Å². The molecule has 0 aliphatic rings. The molecule has 12 heteroatoms. The first-order chi connectivity index (χ1) is 19.7. The maximum absolute atomic E-state index is 13.5. The quantitative estimate of drug-likeness (QED) is 0.243. The number of carbonyl (C=O) groups is 2. The number of fused-ring (bicyclic) bond motifs is 1. The van der Waals surface area contributed by atoms with E-state index in [0.29, 0.717) is 11.1 Å². The fourth-order valence-corrected chi connectivity index (χ4v) is 4.68. The lowest BCUT2D eigenvalue weighted by Crippen LogP contribution is -2.32. The molecule has 0 saturated heterocycles. The van der Waals surface area contributed by atoms with Crippen molar-refractivity contribution in [1.82, 2.24) is 14.5 Å². The van der Waals surface area contributed by atoms with Crippen LogP contribution in [0.2, 0.25) is 0 Å². The van der Waals surface area contributed by atoms with E-state index in [4.69, 9.17) is 4.74 Å². The van der Waals surface area contributed by atoms with Crippen molar-refractivity contribution in [1.29, 1.82) is 0 Å². The number of halogens is 3. The van der Waals surface area contributed by atoms with Crippen LogP contribution in [0.5, 0.6) is 0 Å². The summed E-state index contributed by atoms with van der Waals surface area (Å²) in [4.78, 5) is 24.9. The molecule has 0 spiro atoms. The summed E-state index contributed by atoms with van der Waals surface area (Å²) >= 11 is 0. The lowest BCUT2D eigenvalue weighted by molar-refractivity contribution is -0.137. The predicted octanol–water partition coefficient (Wildman–Crippen LogP) is 5.46. The van der Waals surface area contributed by atoms with Crippen LogP contribution in [-0.4, -0.2) is 42.8 Å². The van der Waals surface area contributed by atoms with E-state index >= 15 is 0 Å². The number of allylic oxidation sites excluding steroid dienone is 1. The topological polar surface area (TPSA) is 107 Å². The lowest BCUT2D eigenvalue weighted by Gasteiger charge is -2.13. The smallest absolute Gasteiger partial charge is 0.364 e. The van der Waals surface area contributed by atoms with Gasteiger partial charge in [-0.1, -0.05) is 66.2 Å². The average Bonchev–Trinajstić information content (AvgIpc) is 3.28. The Balaban J connectivity index is 1.51. The number of aromatic nitrogens is 2. The van der Waals surface area contributed by atoms with E-state index in [1.54, 1.807) is 55.5 Å². The average molecular weight is 600 g/mol. The number of nitrogens with zero attached hydrogens (tertiary/aromatic N) is 2. The highest BCUT2D eigenvalue weighted by molar-refractivity contribution is 7.89. The summed E-state index contributed by atoms with van der Waals surface area (Å²) in [5.41, 5.74) is 2.32. The van der Waals surface area contributed by atoms with Crippen molar-refractivity contribution in [2.45, 2.75) is 32.7 Å². The molecule has 0 radical (unpaired) electrons. The monoisotopic (exact) mass is 599 g/mol. The molecule has 1 N–H and O–H groups in total. The number of hydrogen-bond donors (Lipinski definition) is 1. The van der Waals surface area contributed by atoms with Crippen LogP contribution in [0.15, 0.2) is 72.8 Å². The van der Waals surface area contributed by atoms with Crippen molar-refractivity contribution in [3.05, 3.63) is 106 Å². The lowest BCUT2D eigenvalue weighted by atomic mass is 10.0. The molecule has 4 rings (SSSR count). The summed E-state index contributed by atoms with van der Waals surface area (Å²) in [5.74, 6) is -1.24. The zero-order valence-electron chi connectivity index (χ0n) is 23.0. The maximum atomic E-state index is 13.5. The summed E-state index contributed by atoms with van der Waals surface area (Å²) in [6.07, 6.45) is -0.599. The number of nitrogens with one attached hydrogen (secondary N) is 1. The van der Waals surface area contributed by atoms with E-state index in [0.717, 1.165) is 35.1 Å². The molecule has 0 aliphatic carbocycles. The van der Waals surface area contributed by atoms with Crippen molar-refractivity contribution in [3.63, 3.8) is 0 Å². The van der Waals surface area contributed by atoms with Gasteiger partial charge in [0.1, 0.15) is 12.3 Å². The molecular weight excluding hydrogens is 571 g/mol. The van der Waals surface area contributed by atoms with Crippen LogP contribution >= 0.6 is 0 Å². The second-order valence-electron chi connectivity index (χ2n) is 9.78. The molecule has 1 atom stereocenters. The number of carbonyl (C=O) groups excluding carboxylic acids is 2. The minimum absolute atomic E-state index is 0.0584. The Bertz CT molecular complexity index is 1740. The number of aryl methyl sites for hydroxylation is 1. The molecule has 0 aliphatic heterocycles. The van der Waals surface area contributed by atoms with Gasteiger partial charge in [0.05, 0.1) is 30.0 Å². The Labute approximate surface area is 240 Å². The van der Waals surface area contributed by atoms with E-state index in [9.17, 15) is 31.2 Å². The Kier molecular flexibility index (Phi) is 8.97. The van der Waals surface area contributed by atoms with Gasteiger partial charge in [-0.2, -0.15) is 18.3 Å². The molecule has 1 amide bonds. The number of hydrogen-bond acceptors (Lipinski definition) is 6. The van der Waals surface area contributed by atoms with Crippen molar-refractivity contribution in [2.75, 3.05) is 12.9 Å². The van der Waals surface area contributed by atoms with Crippen molar-refractivity contribution < 1.29 is 35.9 Å². The van der Waals surface area contributed by atoms with Crippen LogP contribution in [0.3, 0.4) is 0 Å². The highest BCUT2D eigenvalue weighted by atomic mass is 32.2. The van der Waals surface area contributed by atoms with Gasteiger partial charge >= 0.3 is 6.18 Å². The van der Waals surface area contributed by atoms with Gasteiger partial charge in [0, 0.05) is 10.9 Å². The van der Waals surface area contributed by atoms with Crippen LogP contribution in [0, 0.1) is 6.92 Å². The molecule has 8 nitrogen and oxygen atoms in total. The van der Waals surface area contributed by atoms with Crippen molar-refractivity contribution >= 4 is 38.7 Å². The van der Waals surface area contributed by atoms with Gasteiger partial charge in [0.15, 0.2) is 0 Å². The molecule has 0 bridgehead atoms.